The summed E-state index contributed by atoms with van der Waals surface area (Å²) in [7, 11) is 0. The highest BCUT2D eigenvalue weighted by Crippen LogP contribution is 2.36. The molecule has 0 spiro atoms. The number of hydrogen-bond donors (Lipinski definition) is 7. The van der Waals surface area contributed by atoms with Gasteiger partial charge in [-0.2, -0.15) is 0 Å². The summed E-state index contributed by atoms with van der Waals surface area (Å²) in [5, 5.41) is 66.3. The van der Waals surface area contributed by atoms with E-state index in [1.807, 2.05) is 0 Å². The van der Waals surface area contributed by atoms with Crippen LogP contribution < -0.4 is 4.74 Å². The van der Waals surface area contributed by atoms with Gasteiger partial charge in [-0.15, -0.1) is 0 Å². The maximum Gasteiger partial charge on any atom is 0.122 e. The van der Waals surface area contributed by atoms with Crippen molar-refractivity contribution >= 4 is 0 Å². The second kappa shape index (κ2) is 15.5. The molecule has 0 amide bonds. The zero-order valence-electron chi connectivity index (χ0n) is 22.0. The van der Waals surface area contributed by atoms with Gasteiger partial charge in [0, 0.05) is 24.3 Å². The largest absolute Gasteiger partial charge is 0.508 e. The minimum Gasteiger partial charge on any atom is -0.508 e. The smallest absolute Gasteiger partial charge is 0.122 e. The van der Waals surface area contributed by atoms with Gasteiger partial charge in [0.15, 0.2) is 0 Å². The van der Waals surface area contributed by atoms with Crippen LogP contribution >= 0.6 is 0 Å². The molecule has 4 aromatic rings. The first-order valence-electron chi connectivity index (χ1n) is 12.5. The van der Waals surface area contributed by atoms with E-state index in [1.165, 1.54) is 55.0 Å². The van der Waals surface area contributed by atoms with Crippen LogP contribution in [0.1, 0.15) is 43.7 Å². The molecule has 0 heterocycles. The van der Waals surface area contributed by atoms with Crippen LogP contribution in [0.5, 0.6) is 46.0 Å². The fourth-order valence-corrected chi connectivity index (χ4v) is 3.62. The van der Waals surface area contributed by atoms with Crippen molar-refractivity contribution in [3.05, 3.63) is 96.1 Å². The molecule has 39 heavy (non-hydrogen) atoms. The Kier molecular flexibility index (Phi) is 12.1. The standard InChI is InChI=1S/C22H22O6.C6H6O2.C3H8/c23-16-2-1-3-19(11-16)28-9-8-14(20-7-6-18(25)13-22(20)27)10-15-4-5-17(24)12-21(15)26;7-5-2-1-3-6(8)4-5;1-3-2/h1-7,11-14,23-27H,8-10H2;1-4,7-8H;3H2,1-2H3. The summed E-state index contributed by atoms with van der Waals surface area (Å²) in [4.78, 5) is 0. The number of ether oxygens (including phenoxy) is 1. The lowest BCUT2D eigenvalue weighted by Crippen LogP contribution is -2.09. The van der Waals surface area contributed by atoms with Crippen LogP contribution in [0, 0.1) is 0 Å². The average molecular weight is 537 g/mol. The third-order valence-corrected chi connectivity index (χ3v) is 5.37. The van der Waals surface area contributed by atoms with Gasteiger partial charge in [0.1, 0.15) is 46.0 Å². The Morgan fingerprint density at radius 1 is 0.590 bits per heavy atom. The Bertz CT molecular complexity index is 1290. The van der Waals surface area contributed by atoms with E-state index in [0.29, 0.717) is 36.3 Å². The third kappa shape index (κ3) is 10.7. The molecule has 4 aromatic carbocycles. The molecule has 0 aliphatic heterocycles. The molecule has 0 aliphatic rings. The first-order chi connectivity index (χ1) is 18.6. The van der Waals surface area contributed by atoms with Crippen LogP contribution in [0.3, 0.4) is 0 Å². The van der Waals surface area contributed by atoms with Gasteiger partial charge in [-0.1, -0.05) is 44.5 Å². The van der Waals surface area contributed by atoms with Crippen LogP contribution in [0.15, 0.2) is 84.9 Å². The second-order valence-electron chi connectivity index (χ2n) is 8.82. The van der Waals surface area contributed by atoms with Gasteiger partial charge in [-0.3, -0.25) is 0 Å². The minimum absolute atomic E-state index is 0.0301. The van der Waals surface area contributed by atoms with Crippen molar-refractivity contribution in [2.45, 2.75) is 39.0 Å². The normalized spacial score (nSPS) is 10.8. The molecule has 0 aromatic heterocycles. The number of benzene rings is 4. The number of hydrogen-bond acceptors (Lipinski definition) is 8. The van der Waals surface area contributed by atoms with Crippen LogP contribution in [-0.4, -0.2) is 42.4 Å². The average Bonchev–Trinajstić information content (AvgIpc) is 2.86. The first-order valence-corrected chi connectivity index (χ1v) is 12.5. The number of phenolic OH excluding ortho intramolecular Hbond substituents is 7. The van der Waals surface area contributed by atoms with E-state index in [2.05, 4.69) is 13.8 Å². The summed E-state index contributed by atoms with van der Waals surface area (Å²) in [6, 6.07) is 21.1. The molecule has 0 saturated heterocycles. The van der Waals surface area contributed by atoms with E-state index >= 15 is 0 Å². The molecule has 1 atom stereocenters. The van der Waals surface area contributed by atoms with E-state index in [9.17, 15) is 25.5 Å². The highest BCUT2D eigenvalue weighted by Gasteiger charge is 2.19. The summed E-state index contributed by atoms with van der Waals surface area (Å²) in [6.07, 6.45) is 2.15. The fourth-order valence-electron chi connectivity index (χ4n) is 3.62. The maximum absolute atomic E-state index is 10.3. The van der Waals surface area contributed by atoms with Crippen molar-refractivity contribution in [1.29, 1.82) is 0 Å². The molecule has 0 radical (unpaired) electrons. The van der Waals surface area contributed by atoms with Gasteiger partial charge in [0.05, 0.1) is 6.61 Å². The van der Waals surface area contributed by atoms with Gasteiger partial charge in [0.2, 0.25) is 0 Å². The molecule has 0 fully saturated rings. The minimum atomic E-state index is -0.214. The van der Waals surface area contributed by atoms with Crippen molar-refractivity contribution in [3.8, 4) is 46.0 Å². The number of rotatable bonds is 7. The fraction of sp³-hybridized carbons (Fsp3) is 0.226. The lowest BCUT2D eigenvalue weighted by Gasteiger charge is -2.20. The Morgan fingerprint density at radius 3 is 1.62 bits per heavy atom. The molecule has 4 rings (SSSR count). The molecule has 0 saturated carbocycles. The Labute approximate surface area is 228 Å². The molecular formula is C31H36O8. The third-order valence-electron chi connectivity index (χ3n) is 5.37. The molecule has 208 valence electrons. The Balaban J connectivity index is 0.000000405. The van der Waals surface area contributed by atoms with Gasteiger partial charge in [-0.05, 0) is 66.3 Å². The summed E-state index contributed by atoms with van der Waals surface area (Å²) in [5.74, 6) is 0.461. The number of phenols is 7. The van der Waals surface area contributed by atoms with E-state index in [4.69, 9.17) is 14.9 Å². The monoisotopic (exact) mass is 536 g/mol. The summed E-state index contributed by atoms with van der Waals surface area (Å²) in [6.45, 7) is 4.56. The summed E-state index contributed by atoms with van der Waals surface area (Å²) in [5.41, 5.74) is 1.23. The van der Waals surface area contributed by atoms with E-state index in [-0.39, 0.29) is 46.2 Å². The van der Waals surface area contributed by atoms with E-state index in [0.717, 1.165) is 0 Å². The molecule has 1 unspecified atom stereocenters. The van der Waals surface area contributed by atoms with Crippen molar-refractivity contribution in [3.63, 3.8) is 0 Å². The lowest BCUT2D eigenvalue weighted by molar-refractivity contribution is 0.293. The van der Waals surface area contributed by atoms with Crippen LogP contribution in [0.4, 0.5) is 0 Å². The molecule has 0 bridgehead atoms. The number of aromatic hydroxyl groups is 7. The van der Waals surface area contributed by atoms with Gasteiger partial charge < -0.3 is 40.5 Å². The van der Waals surface area contributed by atoms with Crippen LogP contribution in [-0.2, 0) is 6.42 Å². The van der Waals surface area contributed by atoms with E-state index < -0.39 is 0 Å². The quantitative estimate of drug-likeness (QED) is 0.141. The highest BCUT2D eigenvalue weighted by molar-refractivity contribution is 5.44. The molecule has 7 N–H and O–H groups in total. The predicted molar refractivity (Wildman–Crippen MR) is 150 cm³/mol. The van der Waals surface area contributed by atoms with E-state index in [1.54, 1.807) is 36.4 Å². The maximum atomic E-state index is 10.3. The predicted octanol–water partition coefficient (Wildman–Crippen LogP) is 6.52. The molecule has 8 nitrogen and oxygen atoms in total. The van der Waals surface area contributed by atoms with Crippen LogP contribution in [0.2, 0.25) is 0 Å². The Morgan fingerprint density at radius 2 is 1.10 bits per heavy atom. The second-order valence-corrected chi connectivity index (χ2v) is 8.82. The highest BCUT2D eigenvalue weighted by atomic mass is 16.5. The molecule has 0 aliphatic carbocycles. The SMILES string of the molecule is CCC.Oc1cccc(O)c1.Oc1cccc(OCCC(Cc2ccc(O)cc2O)c2ccc(O)cc2O)c1. The van der Waals surface area contributed by atoms with Crippen molar-refractivity contribution in [1.82, 2.24) is 0 Å². The van der Waals surface area contributed by atoms with Gasteiger partial charge in [0.25, 0.3) is 0 Å². The first kappa shape index (κ1) is 30.5. The molecule has 8 heteroatoms. The van der Waals surface area contributed by atoms with Gasteiger partial charge >= 0.3 is 0 Å². The summed E-state index contributed by atoms with van der Waals surface area (Å²) < 4.78 is 5.70. The zero-order chi connectivity index (χ0) is 28.8. The van der Waals surface area contributed by atoms with Crippen molar-refractivity contribution in [2.24, 2.45) is 0 Å². The summed E-state index contributed by atoms with van der Waals surface area (Å²) >= 11 is 0. The zero-order valence-corrected chi connectivity index (χ0v) is 22.0. The topological polar surface area (TPSA) is 151 Å². The molecular weight excluding hydrogens is 500 g/mol. The Hall–Kier alpha value is -4.72. The van der Waals surface area contributed by atoms with Crippen LogP contribution in [0.25, 0.3) is 0 Å². The lowest BCUT2D eigenvalue weighted by atomic mass is 9.88. The van der Waals surface area contributed by atoms with Gasteiger partial charge in [-0.25, -0.2) is 0 Å². The van der Waals surface area contributed by atoms with Crippen molar-refractivity contribution < 1.29 is 40.5 Å². The van der Waals surface area contributed by atoms with Crippen molar-refractivity contribution in [2.75, 3.05) is 6.61 Å².